The third-order valence-corrected chi connectivity index (χ3v) is 2.30. The lowest BCUT2D eigenvalue weighted by molar-refractivity contribution is -0.137. The van der Waals surface area contributed by atoms with E-state index < -0.39 is 5.97 Å². The van der Waals surface area contributed by atoms with E-state index in [4.69, 9.17) is 5.11 Å². The van der Waals surface area contributed by atoms with Crippen LogP contribution in [0.2, 0.25) is 0 Å². The maximum atomic E-state index is 10.2. The summed E-state index contributed by atoms with van der Waals surface area (Å²) in [5, 5.41) is 8.43. The minimum absolute atomic E-state index is 0.246. The number of carbonyl (C=O) groups is 1. The van der Waals surface area contributed by atoms with Gasteiger partial charge in [-0.05, 0) is 30.5 Å². The van der Waals surface area contributed by atoms with E-state index in [0.29, 0.717) is 6.42 Å². The van der Waals surface area contributed by atoms with Gasteiger partial charge in [0.25, 0.3) is 0 Å². The van der Waals surface area contributed by atoms with Crippen molar-refractivity contribution >= 4 is 21.9 Å². The Balaban J connectivity index is 2.37. The average Bonchev–Trinajstić information content (AvgIpc) is 2.08. The summed E-state index contributed by atoms with van der Waals surface area (Å²) in [5.74, 6) is -0.725. The molecule has 13 heavy (non-hydrogen) atoms. The third-order valence-electron chi connectivity index (χ3n) is 1.77. The van der Waals surface area contributed by atoms with Crippen molar-refractivity contribution in [2.45, 2.75) is 19.3 Å². The number of rotatable bonds is 4. The molecule has 0 radical (unpaired) electrons. The van der Waals surface area contributed by atoms with Gasteiger partial charge < -0.3 is 5.11 Å². The number of hydrogen-bond donors (Lipinski definition) is 1. The van der Waals surface area contributed by atoms with E-state index in [2.05, 4.69) is 15.9 Å². The summed E-state index contributed by atoms with van der Waals surface area (Å²) in [6, 6.07) is 7.95. The molecule has 0 bridgehead atoms. The molecule has 0 fully saturated rings. The number of aliphatic carboxylic acids is 1. The number of carboxylic acids is 1. The van der Waals surface area contributed by atoms with Gasteiger partial charge in [-0.25, -0.2) is 0 Å². The van der Waals surface area contributed by atoms with Gasteiger partial charge in [0.2, 0.25) is 0 Å². The molecule has 0 amide bonds. The largest absolute Gasteiger partial charge is 0.481 e. The zero-order chi connectivity index (χ0) is 9.68. The van der Waals surface area contributed by atoms with Crippen molar-refractivity contribution in [2.24, 2.45) is 0 Å². The smallest absolute Gasteiger partial charge is 0.303 e. The Morgan fingerprint density at radius 3 is 2.46 bits per heavy atom. The molecule has 1 N–H and O–H groups in total. The highest BCUT2D eigenvalue weighted by molar-refractivity contribution is 9.10. The molecular weight excluding hydrogens is 238 g/mol. The molecule has 0 aliphatic heterocycles. The first kappa shape index (κ1) is 10.3. The van der Waals surface area contributed by atoms with E-state index >= 15 is 0 Å². The monoisotopic (exact) mass is 248 g/mol. The zero-order valence-electron chi connectivity index (χ0n) is 7.16. The van der Waals surface area contributed by atoms with E-state index in [1.54, 1.807) is 0 Å². The first-order valence-corrected chi connectivity index (χ1v) is 4.94. The van der Waals surface area contributed by atoms with Crippen LogP contribution in [0.3, 0.4) is 0 Å². The van der Waals surface area contributed by atoms with Crippen molar-refractivity contribution in [3.63, 3.8) is 0 Å². The average molecular weight is 249 g/mol. The molecule has 3 heteroatoms. The maximum absolute atomic E-state index is 10.2. The Morgan fingerprint density at radius 2 is 1.92 bits per heavy atom. The van der Waals surface area contributed by atoms with E-state index in [0.717, 1.165) is 10.9 Å². The number of benzene rings is 1. The normalized spacial score (nSPS) is 9.92. The van der Waals surface area contributed by atoms with Gasteiger partial charge in [-0.1, -0.05) is 28.1 Å². The van der Waals surface area contributed by atoms with Gasteiger partial charge in [-0.2, -0.15) is 0 Å². The molecule has 1 aromatic rings. The standard InChI is InChI=1S/C10H11BrO2/c11-9-6-4-8(5-7-9)2-1-3-10(12)13/h4-7H,1-3H2,(H,12,13)/i4+1,5+1,6+1,7+1,8+1,9+1. The van der Waals surface area contributed by atoms with E-state index in [1.165, 1.54) is 5.56 Å². The van der Waals surface area contributed by atoms with Gasteiger partial charge in [0.1, 0.15) is 0 Å². The Kier molecular flexibility index (Phi) is 3.96. The fraction of sp³-hybridized carbons (Fsp3) is 0.300. The zero-order valence-corrected chi connectivity index (χ0v) is 8.75. The summed E-state index contributed by atoms with van der Waals surface area (Å²) in [6.45, 7) is 0. The third kappa shape index (κ3) is 4.08. The molecule has 70 valence electrons. The fourth-order valence-electron chi connectivity index (χ4n) is 1.09. The summed E-state index contributed by atoms with van der Waals surface area (Å²) in [6.07, 6.45) is 1.78. The first-order valence-electron chi connectivity index (χ1n) is 4.15. The van der Waals surface area contributed by atoms with Crippen LogP contribution in [0.15, 0.2) is 28.7 Å². The molecule has 0 unspecified atom stereocenters. The van der Waals surface area contributed by atoms with Gasteiger partial charge >= 0.3 is 5.97 Å². The molecule has 0 aliphatic carbocycles. The Morgan fingerprint density at radius 1 is 1.31 bits per heavy atom. The second-order valence-corrected chi connectivity index (χ2v) is 3.79. The summed E-state index contributed by atoms with van der Waals surface area (Å²) >= 11 is 3.34. The predicted molar refractivity (Wildman–Crippen MR) is 54.7 cm³/mol. The highest BCUT2D eigenvalue weighted by Crippen LogP contribution is 2.12. The summed E-state index contributed by atoms with van der Waals surface area (Å²) < 4.78 is 1.05. The minimum Gasteiger partial charge on any atom is -0.481 e. The molecular formula is C10H11BrO2. The van der Waals surface area contributed by atoms with Crippen LogP contribution >= 0.6 is 15.9 Å². The van der Waals surface area contributed by atoms with Gasteiger partial charge in [-0.3, -0.25) is 4.79 Å². The van der Waals surface area contributed by atoms with Crippen LogP contribution in [0, 0.1) is 0 Å². The summed E-state index contributed by atoms with van der Waals surface area (Å²) in [5.41, 5.74) is 1.18. The van der Waals surface area contributed by atoms with E-state index in [9.17, 15) is 4.79 Å². The molecule has 0 atom stereocenters. The molecule has 0 aromatic heterocycles. The van der Waals surface area contributed by atoms with Gasteiger partial charge in [-0.15, -0.1) is 0 Å². The number of aryl methyl sites for hydroxylation is 1. The SMILES string of the molecule is O=C(O)CCC[13c]1[13cH][13cH][13c](Br)[13cH][13cH]1. The molecule has 0 saturated heterocycles. The molecule has 0 saturated carbocycles. The van der Waals surface area contributed by atoms with Crippen molar-refractivity contribution in [1.29, 1.82) is 0 Å². The van der Waals surface area contributed by atoms with Crippen LogP contribution in [-0.4, -0.2) is 11.1 Å². The number of carboxylic acid groups (broad SMARTS) is 1. The highest BCUT2D eigenvalue weighted by atomic mass is 79.9. The fourth-order valence-corrected chi connectivity index (χ4v) is 1.36. The van der Waals surface area contributed by atoms with Gasteiger partial charge in [0.15, 0.2) is 0 Å². The predicted octanol–water partition coefficient (Wildman–Crippen LogP) is 2.86. The van der Waals surface area contributed by atoms with Crippen molar-refractivity contribution in [2.75, 3.05) is 0 Å². The van der Waals surface area contributed by atoms with Crippen molar-refractivity contribution < 1.29 is 9.90 Å². The Bertz CT molecular complexity index is 279. The minimum atomic E-state index is -0.725. The molecule has 0 heterocycles. The lowest BCUT2D eigenvalue weighted by Crippen LogP contribution is -1.95. The van der Waals surface area contributed by atoms with E-state index in [1.807, 2.05) is 24.3 Å². The number of hydrogen-bond acceptors (Lipinski definition) is 1. The van der Waals surface area contributed by atoms with Crippen LogP contribution in [0.1, 0.15) is 18.4 Å². The van der Waals surface area contributed by atoms with Crippen molar-refractivity contribution in [3.8, 4) is 0 Å². The van der Waals surface area contributed by atoms with Crippen LogP contribution in [0.4, 0.5) is 0 Å². The van der Waals surface area contributed by atoms with Gasteiger partial charge in [0, 0.05) is 10.9 Å². The van der Waals surface area contributed by atoms with Crippen LogP contribution < -0.4 is 0 Å². The second-order valence-electron chi connectivity index (χ2n) is 2.87. The van der Waals surface area contributed by atoms with Crippen molar-refractivity contribution in [3.05, 3.63) is 34.3 Å². The van der Waals surface area contributed by atoms with Crippen LogP contribution in [0.25, 0.3) is 0 Å². The van der Waals surface area contributed by atoms with E-state index in [-0.39, 0.29) is 6.42 Å². The summed E-state index contributed by atoms with van der Waals surface area (Å²) in [7, 11) is 0. The summed E-state index contributed by atoms with van der Waals surface area (Å²) in [4.78, 5) is 10.2. The Hall–Kier alpha value is -0.830. The van der Waals surface area contributed by atoms with Gasteiger partial charge in [0.05, 0.1) is 0 Å². The molecule has 0 spiro atoms. The molecule has 0 aliphatic rings. The molecule has 1 rings (SSSR count). The highest BCUT2D eigenvalue weighted by Gasteiger charge is 1.97. The maximum Gasteiger partial charge on any atom is 0.303 e. The van der Waals surface area contributed by atoms with Crippen LogP contribution in [-0.2, 0) is 11.2 Å². The molecule has 1 aromatic carbocycles. The lowest BCUT2D eigenvalue weighted by atomic mass is 10.3. The first-order chi connectivity index (χ1) is 6.18. The second kappa shape index (κ2) is 5.02. The molecule has 2 nitrogen and oxygen atoms in total. The van der Waals surface area contributed by atoms with Crippen LogP contribution in [0.5, 0.6) is 0 Å². The Labute approximate surface area is 85.7 Å². The topological polar surface area (TPSA) is 37.3 Å². The number of halogens is 1. The van der Waals surface area contributed by atoms with Crippen molar-refractivity contribution in [1.82, 2.24) is 0 Å². The quantitative estimate of drug-likeness (QED) is 0.890. The lowest BCUT2D eigenvalue weighted by Gasteiger charge is -1.99.